The van der Waals surface area contributed by atoms with Crippen molar-refractivity contribution in [1.82, 2.24) is 14.5 Å². The molecule has 0 aliphatic heterocycles. The zero-order chi connectivity index (χ0) is 18.0. The Morgan fingerprint density at radius 3 is 2.40 bits per heavy atom. The SMILES string of the molecule is Cc1nn(-c2ccc(Cl)cc2)c(=O)n1/N=C/c1ccc([N+](=O)[O-])cc1. The van der Waals surface area contributed by atoms with Gasteiger partial charge in [0.2, 0.25) is 0 Å². The minimum atomic E-state index is -0.480. The minimum Gasteiger partial charge on any atom is -0.258 e. The molecular formula is C16H12ClN5O3. The maximum atomic E-state index is 12.5. The van der Waals surface area contributed by atoms with E-state index in [1.807, 2.05) is 0 Å². The van der Waals surface area contributed by atoms with Gasteiger partial charge in [-0.1, -0.05) is 11.6 Å². The Bertz CT molecular complexity index is 1000. The first kappa shape index (κ1) is 16.6. The van der Waals surface area contributed by atoms with Crippen molar-refractivity contribution < 1.29 is 4.92 Å². The highest BCUT2D eigenvalue weighted by Crippen LogP contribution is 2.12. The number of nitrogens with zero attached hydrogens (tertiary/aromatic N) is 5. The van der Waals surface area contributed by atoms with E-state index in [9.17, 15) is 14.9 Å². The predicted octanol–water partition coefficient (Wildman–Crippen LogP) is 2.79. The monoisotopic (exact) mass is 357 g/mol. The third-order valence-corrected chi connectivity index (χ3v) is 3.66. The van der Waals surface area contributed by atoms with Gasteiger partial charge in [0.25, 0.3) is 5.69 Å². The highest BCUT2D eigenvalue weighted by atomic mass is 35.5. The maximum absolute atomic E-state index is 12.5. The van der Waals surface area contributed by atoms with E-state index in [-0.39, 0.29) is 5.69 Å². The molecule has 0 aliphatic rings. The Morgan fingerprint density at radius 2 is 1.80 bits per heavy atom. The molecule has 0 saturated heterocycles. The lowest BCUT2D eigenvalue weighted by atomic mass is 10.2. The molecule has 0 fully saturated rings. The van der Waals surface area contributed by atoms with Crippen LogP contribution < -0.4 is 5.69 Å². The second-order valence-corrected chi connectivity index (χ2v) is 5.56. The van der Waals surface area contributed by atoms with Gasteiger partial charge in [0.15, 0.2) is 5.82 Å². The number of hydrogen-bond donors (Lipinski definition) is 0. The van der Waals surface area contributed by atoms with Crippen molar-refractivity contribution in [3.05, 3.63) is 85.5 Å². The topological polar surface area (TPSA) is 95.3 Å². The lowest BCUT2D eigenvalue weighted by molar-refractivity contribution is -0.384. The molecule has 3 rings (SSSR count). The van der Waals surface area contributed by atoms with Crippen molar-refractivity contribution in [3.63, 3.8) is 0 Å². The van der Waals surface area contributed by atoms with Crippen LogP contribution in [0.3, 0.4) is 0 Å². The first-order valence-corrected chi connectivity index (χ1v) is 7.57. The predicted molar refractivity (Wildman–Crippen MR) is 93.7 cm³/mol. The Kier molecular flexibility index (Phi) is 4.44. The molecule has 0 bridgehead atoms. The van der Waals surface area contributed by atoms with E-state index in [1.165, 1.54) is 23.0 Å². The van der Waals surface area contributed by atoms with Gasteiger partial charge < -0.3 is 0 Å². The number of benzene rings is 2. The number of aromatic nitrogens is 3. The van der Waals surface area contributed by atoms with Crippen LogP contribution in [0.4, 0.5) is 5.69 Å². The number of nitro benzene ring substituents is 1. The molecule has 9 heteroatoms. The molecule has 126 valence electrons. The second-order valence-electron chi connectivity index (χ2n) is 5.12. The molecule has 0 atom stereocenters. The number of aryl methyl sites for hydroxylation is 1. The molecule has 1 heterocycles. The van der Waals surface area contributed by atoms with Crippen molar-refractivity contribution in [2.24, 2.45) is 5.10 Å². The molecular weight excluding hydrogens is 346 g/mol. The van der Waals surface area contributed by atoms with Crippen LogP contribution in [0.15, 0.2) is 58.4 Å². The van der Waals surface area contributed by atoms with E-state index in [1.54, 1.807) is 43.3 Å². The van der Waals surface area contributed by atoms with Crippen LogP contribution in [-0.2, 0) is 0 Å². The van der Waals surface area contributed by atoms with Crippen molar-refractivity contribution >= 4 is 23.5 Å². The number of rotatable bonds is 4. The summed E-state index contributed by atoms with van der Waals surface area (Å²) in [6, 6.07) is 12.5. The molecule has 0 radical (unpaired) electrons. The molecule has 0 amide bonds. The summed E-state index contributed by atoms with van der Waals surface area (Å²) in [5, 5.41) is 19.5. The molecule has 0 unspecified atom stereocenters. The zero-order valence-electron chi connectivity index (χ0n) is 13.0. The Morgan fingerprint density at radius 1 is 1.16 bits per heavy atom. The van der Waals surface area contributed by atoms with Crippen LogP contribution in [0.2, 0.25) is 5.02 Å². The van der Waals surface area contributed by atoms with Gasteiger partial charge in [-0.2, -0.15) is 14.5 Å². The molecule has 2 aromatic carbocycles. The third kappa shape index (κ3) is 3.48. The van der Waals surface area contributed by atoms with Gasteiger partial charge in [0, 0.05) is 17.2 Å². The van der Waals surface area contributed by atoms with Crippen molar-refractivity contribution in [2.45, 2.75) is 6.92 Å². The summed E-state index contributed by atoms with van der Waals surface area (Å²) >= 11 is 5.84. The summed E-state index contributed by atoms with van der Waals surface area (Å²) in [5.41, 5.74) is 0.747. The fourth-order valence-electron chi connectivity index (χ4n) is 2.15. The summed E-state index contributed by atoms with van der Waals surface area (Å²) in [6.07, 6.45) is 1.44. The van der Waals surface area contributed by atoms with E-state index in [0.717, 1.165) is 4.68 Å². The average molecular weight is 358 g/mol. The smallest absolute Gasteiger partial charge is 0.258 e. The number of halogens is 1. The highest BCUT2D eigenvalue weighted by Gasteiger charge is 2.10. The molecule has 1 aromatic heterocycles. The Balaban J connectivity index is 1.91. The largest absolute Gasteiger partial charge is 0.371 e. The first-order chi connectivity index (χ1) is 12.0. The summed E-state index contributed by atoms with van der Waals surface area (Å²) < 4.78 is 2.37. The van der Waals surface area contributed by atoms with E-state index < -0.39 is 10.6 Å². The molecule has 0 saturated carbocycles. The van der Waals surface area contributed by atoms with Crippen LogP contribution in [0.5, 0.6) is 0 Å². The molecule has 0 N–H and O–H groups in total. The molecule has 0 aliphatic carbocycles. The number of nitro groups is 1. The van der Waals surface area contributed by atoms with Gasteiger partial charge in [0.05, 0.1) is 16.8 Å². The number of non-ortho nitro benzene ring substituents is 1. The second kappa shape index (κ2) is 6.70. The first-order valence-electron chi connectivity index (χ1n) is 7.19. The summed E-state index contributed by atoms with van der Waals surface area (Å²) in [7, 11) is 0. The zero-order valence-corrected chi connectivity index (χ0v) is 13.8. The lowest BCUT2D eigenvalue weighted by Gasteiger charge is -1.98. The van der Waals surface area contributed by atoms with Gasteiger partial charge in [-0.15, -0.1) is 5.10 Å². The summed E-state index contributed by atoms with van der Waals surface area (Å²) in [4.78, 5) is 22.6. The summed E-state index contributed by atoms with van der Waals surface area (Å²) in [6.45, 7) is 1.65. The van der Waals surface area contributed by atoms with Crippen LogP contribution in [0.1, 0.15) is 11.4 Å². The molecule has 0 spiro atoms. The maximum Gasteiger partial charge on any atom is 0.371 e. The average Bonchev–Trinajstić information content (AvgIpc) is 2.88. The van der Waals surface area contributed by atoms with E-state index in [4.69, 9.17) is 11.6 Å². The molecule has 8 nitrogen and oxygen atoms in total. The van der Waals surface area contributed by atoms with Gasteiger partial charge >= 0.3 is 5.69 Å². The van der Waals surface area contributed by atoms with Gasteiger partial charge in [-0.05, 0) is 48.9 Å². The van der Waals surface area contributed by atoms with E-state index in [2.05, 4.69) is 10.2 Å². The molecule has 3 aromatic rings. The standard InChI is InChI=1S/C16H12ClN5O3/c1-11-19-21(14-8-4-13(17)5-9-14)16(23)20(11)18-10-12-2-6-15(7-3-12)22(24)25/h2-10H,1H3/b18-10+. The Labute approximate surface area is 146 Å². The fourth-order valence-corrected chi connectivity index (χ4v) is 2.27. The normalized spacial score (nSPS) is 11.1. The minimum absolute atomic E-state index is 0.0129. The Hall–Kier alpha value is -3.26. The fraction of sp³-hybridized carbons (Fsp3) is 0.0625. The third-order valence-electron chi connectivity index (χ3n) is 3.41. The van der Waals surface area contributed by atoms with E-state index in [0.29, 0.717) is 22.1 Å². The summed E-state index contributed by atoms with van der Waals surface area (Å²) in [5.74, 6) is 0.401. The highest BCUT2D eigenvalue weighted by molar-refractivity contribution is 6.30. The van der Waals surface area contributed by atoms with Gasteiger partial charge in [-0.3, -0.25) is 10.1 Å². The van der Waals surface area contributed by atoms with Crippen molar-refractivity contribution in [2.75, 3.05) is 0 Å². The van der Waals surface area contributed by atoms with Crippen LogP contribution in [0, 0.1) is 17.0 Å². The van der Waals surface area contributed by atoms with Crippen molar-refractivity contribution in [1.29, 1.82) is 0 Å². The van der Waals surface area contributed by atoms with E-state index >= 15 is 0 Å². The quantitative estimate of drug-likeness (QED) is 0.407. The number of hydrogen-bond acceptors (Lipinski definition) is 5. The van der Waals surface area contributed by atoms with Gasteiger partial charge in [0.1, 0.15) is 0 Å². The van der Waals surface area contributed by atoms with Crippen molar-refractivity contribution in [3.8, 4) is 5.69 Å². The molecule has 25 heavy (non-hydrogen) atoms. The van der Waals surface area contributed by atoms with Crippen LogP contribution in [-0.4, -0.2) is 25.6 Å². The van der Waals surface area contributed by atoms with Crippen LogP contribution >= 0.6 is 11.6 Å². The lowest BCUT2D eigenvalue weighted by Crippen LogP contribution is -2.21. The van der Waals surface area contributed by atoms with Crippen LogP contribution in [0.25, 0.3) is 5.69 Å². The van der Waals surface area contributed by atoms with Gasteiger partial charge in [-0.25, -0.2) is 4.79 Å².